The number of hydrogen-bond donors (Lipinski definition) is 1. The van der Waals surface area contributed by atoms with Crippen molar-refractivity contribution in [3.05, 3.63) is 113 Å². The zero-order chi connectivity index (χ0) is 27.6. The van der Waals surface area contributed by atoms with Crippen LogP contribution in [-0.4, -0.2) is 48.4 Å². The molecule has 40 heavy (non-hydrogen) atoms. The predicted octanol–water partition coefficient (Wildman–Crippen LogP) is 4.44. The van der Waals surface area contributed by atoms with E-state index in [1.807, 2.05) is 60.1 Å². The molecule has 2 aliphatic rings. The van der Waals surface area contributed by atoms with Crippen molar-refractivity contribution in [2.24, 2.45) is 7.05 Å². The van der Waals surface area contributed by atoms with Crippen LogP contribution in [0.3, 0.4) is 0 Å². The second-order valence-electron chi connectivity index (χ2n) is 9.87. The first-order valence-corrected chi connectivity index (χ1v) is 14.0. The van der Waals surface area contributed by atoms with Crippen molar-refractivity contribution in [2.45, 2.75) is 43.2 Å². The number of ether oxygens (including phenoxy) is 2. The highest BCUT2D eigenvalue weighted by molar-refractivity contribution is 7.99. The van der Waals surface area contributed by atoms with Gasteiger partial charge in [-0.2, -0.15) is 0 Å². The molecule has 0 aliphatic carbocycles. The van der Waals surface area contributed by atoms with Crippen LogP contribution in [0.15, 0.2) is 84.3 Å². The molecule has 10 heteroatoms. The van der Waals surface area contributed by atoms with Gasteiger partial charge in [0.2, 0.25) is 0 Å². The summed E-state index contributed by atoms with van der Waals surface area (Å²) in [5.41, 5.74) is 4.42. The molecule has 0 spiro atoms. The summed E-state index contributed by atoms with van der Waals surface area (Å²) >= 11 is 1.58. The Labute approximate surface area is 235 Å². The van der Waals surface area contributed by atoms with E-state index in [4.69, 9.17) is 9.47 Å². The van der Waals surface area contributed by atoms with Gasteiger partial charge in [-0.3, -0.25) is 14.5 Å². The van der Waals surface area contributed by atoms with Gasteiger partial charge in [-0.1, -0.05) is 72.4 Å². The Hall–Kier alpha value is -3.83. The molecule has 2 aliphatic heterocycles. The number of fused-ring (bicyclic) bond motifs is 1. The molecule has 1 aromatic heterocycles. The second-order valence-corrected chi connectivity index (χ2v) is 10.9. The van der Waals surface area contributed by atoms with Gasteiger partial charge in [0.15, 0.2) is 11.4 Å². The summed E-state index contributed by atoms with van der Waals surface area (Å²) in [6, 6.07) is 22.3. The average Bonchev–Trinajstić information content (AvgIpc) is 3.52. The molecule has 1 fully saturated rings. The topological polar surface area (TPSA) is 107 Å². The third kappa shape index (κ3) is 5.31. The van der Waals surface area contributed by atoms with Crippen LogP contribution in [0.4, 0.5) is 0 Å². The lowest BCUT2D eigenvalue weighted by atomic mass is 10.0. The number of carbonyl (C=O) groups is 2. The van der Waals surface area contributed by atoms with Crippen LogP contribution in [-0.2, 0) is 29.7 Å². The number of aliphatic hydroxyl groups excluding tert-OH is 1. The fraction of sp³-hybridized carbons (Fsp3) is 0.267. The standard InChI is InChI=1S/C30H28N4O5S/c1-33-18-31-32-30(33)40-17-23-14-26(21-10-8-20(16-35)9-11-21)39-29(38-23)22-12-6-19(7-13-22)15-34-27(36)24-4-2-3-5-25(24)28(34)37/h2-13,18,23,26,29,35H,14-17H2,1H3/t23-,26+,29+/m0/s1. The zero-order valence-corrected chi connectivity index (χ0v) is 22.7. The summed E-state index contributed by atoms with van der Waals surface area (Å²) in [5, 5.41) is 18.4. The van der Waals surface area contributed by atoms with Gasteiger partial charge >= 0.3 is 0 Å². The molecule has 1 N–H and O–H groups in total. The van der Waals surface area contributed by atoms with Crippen LogP contribution in [0.5, 0.6) is 0 Å². The molecule has 2 amide bonds. The van der Waals surface area contributed by atoms with E-state index in [9.17, 15) is 14.7 Å². The maximum atomic E-state index is 12.8. The summed E-state index contributed by atoms with van der Waals surface area (Å²) in [5.74, 6) is 0.124. The molecule has 4 aromatic rings. The lowest BCUT2D eigenvalue weighted by Crippen LogP contribution is -2.31. The number of amides is 2. The van der Waals surface area contributed by atoms with Gasteiger partial charge in [0.1, 0.15) is 6.33 Å². The van der Waals surface area contributed by atoms with E-state index in [1.54, 1.807) is 42.4 Å². The molecule has 0 unspecified atom stereocenters. The molecular weight excluding hydrogens is 528 g/mol. The molecule has 3 atom stereocenters. The Kier molecular flexibility index (Phi) is 7.48. The first-order chi connectivity index (χ1) is 19.5. The van der Waals surface area contributed by atoms with E-state index in [-0.39, 0.29) is 37.2 Å². The van der Waals surface area contributed by atoms with Crippen molar-refractivity contribution in [3.63, 3.8) is 0 Å². The average molecular weight is 557 g/mol. The second kappa shape index (κ2) is 11.3. The smallest absolute Gasteiger partial charge is 0.261 e. The van der Waals surface area contributed by atoms with Crippen molar-refractivity contribution >= 4 is 23.6 Å². The quantitative estimate of drug-likeness (QED) is 0.251. The third-order valence-corrected chi connectivity index (χ3v) is 8.32. The van der Waals surface area contributed by atoms with Crippen molar-refractivity contribution in [1.82, 2.24) is 19.7 Å². The molecule has 1 saturated heterocycles. The number of aliphatic hydroxyl groups is 1. The van der Waals surface area contributed by atoms with Gasteiger partial charge in [0.25, 0.3) is 11.8 Å². The molecule has 0 saturated carbocycles. The Morgan fingerprint density at radius 3 is 2.17 bits per heavy atom. The fourth-order valence-corrected chi connectivity index (χ4v) is 5.84. The van der Waals surface area contributed by atoms with Gasteiger partial charge in [-0.25, -0.2) is 0 Å². The number of hydrogen-bond acceptors (Lipinski definition) is 8. The third-order valence-electron chi connectivity index (χ3n) is 7.15. The van der Waals surface area contributed by atoms with E-state index in [1.165, 1.54) is 4.90 Å². The minimum atomic E-state index is -0.602. The van der Waals surface area contributed by atoms with E-state index < -0.39 is 6.29 Å². The molecule has 204 valence electrons. The Balaban J connectivity index is 1.18. The highest BCUT2D eigenvalue weighted by Gasteiger charge is 2.35. The summed E-state index contributed by atoms with van der Waals surface area (Å²) in [6.45, 7) is 0.178. The number of aryl methyl sites for hydroxylation is 1. The number of imide groups is 1. The molecule has 3 aromatic carbocycles. The number of thioether (sulfide) groups is 1. The van der Waals surface area contributed by atoms with E-state index in [0.717, 1.165) is 27.4 Å². The van der Waals surface area contributed by atoms with Crippen LogP contribution in [0.2, 0.25) is 0 Å². The Morgan fingerprint density at radius 2 is 1.55 bits per heavy atom. The van der Waals surface area contributed by atoms with E-state index >= 15 is 0 Å². The molecule has 0 bridgehead atoms. The van der Waals surface area contributed by atoms with Gasteiger partial charge in [-0.15, -0.1) is 10.2 Å². The van der Waals surface area contributed by atoms with Gasteiger partial charge < -0.3 is 19.1 Å². The van der Waals surface area contributed by atoms with E-state index in [2.05, 4.69) is 10.2 Å². The maximum absolute atomic E-state index is 12.8. The number of aromatic nitrogens is 3. The first kappa shape index (κ1) is 26.4. The summed E-state index contributed by atoms with van der Waals surface area (Å²) in [6.07, 6.45) is 1.42. The van der Waals surface area contributed by atoms with Crippen molar-refractivity contribution < 1.29 is 24.2 Å². The lowest BCUT2D eigenvalue weighted by molar-refractivity contribution is -0.245. The first-order valence-electron chi connectivity index (χ1n) is 13.0. The van der Waals surface area contributed by atoms with Crippen molar-refractivity contribution in [2.75, 3.05) is 5.75 Å². The SMILES string of the molecule is Cn1cnnc1SC[C@@H]1C[C@H](c2ccc(CO)cc2)O[C@H](c2ccc(CN3C(=O)c4ccccc4C3=O)cc2)O1. The summed E-state index contributed by atoms with van der Waals surface area (Å²) < 4.78 is 14.7. The van der Waals surface area contributed by atoms with Gasteiger partial charge in [0, 0.05) is 24.8 Å². The van der Waals surface area contributed by atoms with Crippen molar-refractivity contribution in [3.8, 4) is 0 Å². The number of carbonyl (C=O) groups excluding carboxylic acids is 2. The summed E-state index contributed by atoms with van der Waals surface area (Å²) in [7, 11) is 1.91. The number of rotatable bonds is 8. The van der Waals surface area contributed by atoms with Crippen LogP contribution in [0.1, 0.15) is 61.8 Å². The van der Waals surface area contributed by atoms with Crippen LogP contribution >= 0.6 is 11.8 Å². The normalized spacial score (nSPS) is 20.6. The largest absolute Gasteiger partial charge is 0.392 e. The zero-order valence-electron chi connectivity index (χ0n) is 21.8. The van der Waals surface area contributed by atoms with Gasteiger partial charge in [-0.05, 0) is 28.8 Å². The molecule has 0 radical (unpaired) electrons. The monoisotopic (exact) mass is 556 g/mol. The van der Waals surface area contributed by atoms with Gasteiger partial charge in [0.05, 0.1) is 36.5 Å². The fourth-order valence-electron chi connectivity index (χ4n) is 4.94. The maximum Gasteiger partial charge on any atom is 0.261 e. The molecule has 9 nitrogen and oxygen atoms in total. The Morgan fingerprint density at radius 1 is 0.900 bits per heavy atom. The van der Waals surface area contributed by atoms with E-state index in [0.29, 0.717) is 23.3 Å². The minimum Gasteiger partial charge on any atom is -0.392 e. The minimum absolute atomic E-state index is 0.0123. The van der Waals surface area contributed by atoms with Crippen LogP contribution < -0.4 is 0 Å². The molecule has 3 heterocycles. The molecule has 6 rings (SSSR count). The highest BCUT2D eigenvalue weighted by Crippen LogP contribution is 2.39. The van der Waals surface area contributed by atoms with Crippen LogP contribution in [0, 0.1) is 0 Å². The Bertz CT molecular complexity index is 1490. The molecular formula is C30H28N4O5S. The predicted molar refractivity (Wildman–Crippen MR) is 147 cm³/mol. The van der Waals surface area contributed by atoms with Crippen molar-refractivity contribution in [1.29, 1.82) is 0 Å². The van der Waals surface area contributed by atoms with Crippen LogP contribution in [0.25, 0.3) is 0 Å². The number of nitrogens with zero attached hydrogens (tertiary/aromatic N) is 4. The number of benzene rings is 3. The highest BCUT2D eigenvalue weighted by atomic mass is 32.2. The lowest BCUT2D eigenvalue weighted by Gasteiger charge is -2.36. The summed E-state index contributed by atoms with van der Waals surface area (Å²) in [4.78, 5) is 26.8.